The minimum absolute atomic E-state index is 0.0126. The molecule has 0 spiro atoms. The Labute approximate surface area is 180 Å². The lowest BCUT2D eigenvalue weighted by Gasteiger charge is -2.19. The van der Waals surface area contributed by atoms with Gasteiger partial charge in [-0.3, -0.25) is 14.4 Å². The van der Waals surface area contributed by atoms with Gasteiger partial charge in [-0.2, -0.15) is 0 Å². The highest BCUT2D eigenvalue weighted by Crippen LogP contribution is 2.32. The van der Waals surface area contributed by atoms with E-state index in [4.69, 9.17) is 18.9 Å². The average molecular weight is 427 g/mol. The summed E-state index contributed by atoms with van der Waals surface area (Å²) in [5.41, 5.74) is 1.14. The summed E-state index contributed by atoms with van der Waals surface area (Å²) < 4.78 is 21.7. The number of amides is 1. The Morgan fingerprint density at radius 1 is 1.03 bits per heavy atom. The molecule has 2 aromatic carbocycles. The van der Waals surface area contributed by atoms with E-state index in [1.165, 1.54) is 13.8 Å². The fourth-order valence-electron chi connectivity index (χ4n) is 2.87. The zero-order valence-electron chi connectivity index (χ0n) is 17.5. The molecule has 0 aliphatic carbocycles. The summed E-state index contributed by atoms with van der Waals surface area (Å²) in [5.74, 6) is 0.865. The van der Waals surface area contributed by atoms with E-state index in [2.05, 4.69) is 5.32 Å². The topological polar surface area (TPSA) is 100 Å². The third kappa shape index (κ3) is 6.47. The van der Waals surface area contributed by atoms with Gasteiger partial charge in [-0.05, 0) is 56.7 Å². The van der Waals surface area contributed by atoms with E-state index >= 15 is 0 Å². The molecule has 1 N–H and O–H groups in total. The molecule has 1 amide bonds. The zero-order valence-corrected chi connectivity index (χ0v) is 17.5. The number of rotatable bonds is 9. The summed E-state index contributed by atoms with van der Waals surface area (Å²) >= 11 is 0. The lowest BCUT2D eigenvalue weighted by molar-refractivity contribution is -0.153. The van der Waals surface area contributed by atoms with Crippen LogP contribution in [0.4, 0.5) is 5.69 Å². The van der Waals surface area contributed by atoms with E-state index in [9.17, 15) is 14.4 Å². The number of hydrogen-bond donors (Lipinski definition) is 1. The number of anilines is 1. The second-order valence-corrected chi connectivity index (χ2v) is 7.01. The molecule has 0 bridgehead atoms. The predicted molar refractivity (Wildman–Crippen MR) is 113 cm³/mol. The molecular weight excluding hydrogens is 402 g/mol. The van der Waals surface area contributed by atoms with Gasteiger partial charge >= 0.3 is 5.97 Å². The number of ketones is 1. The summed E-state index contributed by atoms with van der Waals surface area (Å²) in [5, 5.41) is 2.70. The fraction of sp³-hybridized carbons (Fsp3) is 0.348. The van der Waals surface area contributed by atoms with Crippen molar-refractivity contribution in [3.8, 4) is 17.2 Å². The van der Waals surface area contributed by atoms with E-state index < -0.39 is 18.0 Å². The second kappa shape index (κ2) is 10.5. The highest BCUT2D eigenvalue weighted by atomic mass is 16.6. The average Bonchev–Trinajstić information content (AvgIpc) is 2.77. The number of carbonyl (C=O) groups excluding carboxylic acids is 3. The van der Waals surface area contributed by atoms with Gasteiger partial charge in [0.2, 0.25) is 0 Å². The van der Waals surface area contributed by atoms with Crippen LogP contribution < -0.4 is 19.5 Å². The molecule has 0 saturated heterocycles. The van der Waals surface area contributed by atoms with Crippen molar-refractivity contribution >= 4 is 23.3 Å². The number of hydrogen-bond acceptors (Lipinski definition) is 7. The molecule has 1 heterocycles. The molecule has 8 heteroatoms. The van der Waals surface area contributed by atoms with Crippen LogP contribution in [0.3, 0.4) is 0 Å². The highest BCUT2D eigenvalue weighted by Gasteiger charge is 2.19. The summed E-state index contributed by atoms with van der Waals surface area (Å²) in [4.78, 5) is 35.6. The monoisotopic (exact) mass is 427 g/mol. The van der Waals surface area contributed by atoms with Crippen LogP contribution in [-0.2, 0) is 14.3 Å². The molecule has 164 valence electrons. The molecule has 1 atom stereocenters. The van der Waals surface area contributed by atoms with Crippen LogP contribution in [-0.4, -0.2) is 43.6 Å². The van der Waals surface area contributed by atoms with Crippen molar-refractivity contribution in [1.29, 1.82) is 0 Å². The zero-order chi connectivity index (χ0) is 22.2. The molecule has 0 fully saturated rings. The largest absolute Gasteiger partial charge is 0.494 e. The summed E-state index contributed by atoms with van der Waals surface area (Å²) in [7, 11) is 0. The van der Waals surface area contributed by atoms with Gasteiger partial charge in [0, 0.05) is 23.7 Å². The molecule has 31 heavy (non-hydrogen) atoms. The molecular formula is C23H25NO7. The van der Waals surface area contributed by atoms with Crippen molar-refractivity contribution in [2.75, 3.05) is 25.1 Å². The van der Waals surface area contributed by atoms with Crippen LogP contribution in [0.25, 0.3) is 0 Å². The molecule has 8 nitrogen and oxygen atoms in total. The molecule has 0 saturated carbocycles. The number of benzene rings is 2. The quantitative estimate of drug-likeness (QED) is 0.372. The Kier molecular flexibility index (Phi) is 7.48. The maximum absolute atomic E-state index is 12.3. The normalized spacial score (nSPS) is 13.1. The van der Waals surface area contributed by atoms with Gasteiger partial charge in [0.15, 0.2) is 23.4 Å². The first-order valence-electron chi connectivity index (χ1n) is 10.1. The smallest absolute Gasteiger partial charge is 0.306 e. The molecule has 1 aliphatic rings. The Hall–Kier alpha value is -3.55. The van der Waals surface area contributed by atoms with Gasteiger partial charge in [-0.15, -0.1) is 0 Å². The molecule has 1 aliphatic heterocycles. The summed E-state index contributed by atoms with van der Waals surface area (Å²) in [6, 6.07) is 11.9. The maximum atomic E-state index is 12.3. The number of Topliss-reactive ketones (excluding diaryl/α,β-unsaturated/α-hetero) is 1. The minimum Gasteiger partial charge on any atom is -0.494 e. The minimum atomic E-state index is -0.944. The summed E-state index contributed by atoms with van der Waals surface area (Å²) in [6.45, 7) is 4.26. The second-order valence-electron chi connectivity index (χ2n) is 7.01. The number of nitrogens with one attached hydrogen (secondary N) is 1. The lowest BCUT2D eigenvalue weighted by Crippen LogP contribution is -2.30. The molecule has 0 aromatic heterocycles. The van der Waals surface area contributed by atoms with Gasteiger partial charge in [-0.25, -0.2) is 0 Å². The van der Waals surface area contributed by atoms with Crippen LogP contribution >= 0.6 is 0 Å². The van der Waals surface area contributed by atoms with Crippen LogP contribution in [0.5, 0.6) is 17.2 Å². The van der Waals surface area contributed by atoms with Gasteiger partial charge in [0.05, 0.1) is 6.61 Å². The van der Waals surface area contributed by atoms with Gasteiger partial charge in [-0.1, -0.05) is 0 Å². The number of carbonyl (C=O) groups is 3. The molecule has 3 rings (SSSR count). The van der Waals surface area contributed by atoms with Crippen molar-refractivity contribution in [3.63, 3.8) is 0 Å². The van der Waals surface area contributed by atoms with Gasteiger partial charge in [0.1, 0.15) is 19.0 Å². The Balaban J connectivity index is 1.37. The molecule has 0 radical (unpaired) electrons. The van der Waals surface area contributed by atoms with Gasteiger partial charge in [0.25, 0.3) is 5.91 Å². The van der Waals surface area contributed by atoms with Gasteiger partial charge < -0.3 is 24.3 Å². The van der Waals surface area contributed by atoms with E-state index in [1.54, 1.807) is 42.5 Å². The maximum Gasteiger partial charge on any atom is 0.306 e. The third-order valence-electron chi connectivity index (χ3n) is 4.54. The Morgan fingerprint density at radius 3 is 2.45 bits per heavy atom. The summed E-state index contributed by atoms with van der Waals surface area (Å²) in [6.07, 6.45) is -0.391. The van der Waals surface area contributed by atoms with Crippen molar-refractivity contribution < 1.29 is 33.3 Å². The first-order chi connectivity index (χ1) is 14.9. The Morgan fingerprint density at radius 2 is 1.74 bits per heavy atom. The van der Waals surface area contributed by atoms with Crippen molar-refractivity contribution in [2.45, 2.75) is 32.8 Å². The standard InChI is InChI=1S/C23H25NO7/c1-15(25)17-5-8-19(9-6-17)28-11-3-4-22(26)31-16(2)23(27)24-18-7-10-20-21(14-18)30-13-12-29-20/h5-10,14,16H,3-4,11-13H2,1-2H3,(H,24,27). The SMILES string of the molecule is CC(=O)c1ccc(OCCCC(=O)OC(C)C(=O)Nc2ccc3c(c2)OCCO3)cc1. The van der Waals surface area contributed by atoms with E-state index in [0.717, 1.165) is 0 Å². The van der Waals surface area contributed by atoms with Crippen LogP contribution in [0, 0.1) is 0 Å². The molecule has 1 unspecified atom stereocenters. The Bertz CT molecular complexity index is 939. The van der Waals surface area contributed by atoms with Crippen molar-refractivity contribution in [2.24, 2.45) is 0 Å². The van der Waals surface area contributed by atoms with Crippen molar-refractivity contribution in [1.82, 2.24) is 0 Å². The number of ether oxygens (including phenoxy) is 4. The molecule has 2 aromatic rings. The lowest BCUT2D eigenvalue weighted by atomic mass is 10.1. The van der Waals surface area contributed by atoms with E-state index in [0.29, 0.717) is 54.7 Å². The predicted octanol–water partition coefficient (Wildman–Crippen LogP) is 3.39. The highest BCUT2D eigenvalue weighted by molar-refractivity contribution is 5.95. The van der Waals surface area contributed by atoms with Crippen LogP contribution in [0.1, 0.15) is 37.0 Å². The number of esters is 1. The van der Waals surface area contributed by atoms with E-state index in [-0.39, 0.29) is 12.2 Å². The third-order valence-corrected chi connectivity index (χ3v) is 4.54. The van der Waals surface area contributed by atoms with Crippen LogP contribution in [0.2, 0.25) is 0 Å². The van der Waals surface area contributed by atoms with Crippen LogP contribution in [0.15, 0.2) is 42.5 Å². The van der Waals surface area contributed by atoms with Crippen molar-refractivity contribution in [3.05, 3.63) is 48.0 Å². The number of fused-ring (bicyclic) bond motifs is 1. The first-order valence-corrected chi connectivity index (χ1v) is 10.1. The fourth-order valence-corrected chi connectivity index (χ4v) is 2.87. The van der Waals surface area contributed by atoms with E-state index in [1.807, 2.05) is 0 Å². The first kappa shape index (κ1) is 22.1.